The van der Waals surface area contributed by atoms with Gasteiger partial charge in [0.1, 0.15) is 12.2 Å². The van der Waals surface area contributed by atoms with Crippen LogP contribution in [-0.4, -0.2) is 88.4 Å². The van der Waals surface area contributed by atoms with E-state index in [0.717, 1.165) is 5.57 Å². The van der Waals surface area contributed by atoms with Crippen LogP contribution in [0.4, 0.5) is 0 Å². The highest BCUT2D eigenvalue weighted by Crippen LogP contribution is 2.44. The van der Waals surface area contributed by atoms with Crippen LogP contribution in [0.2, 0.25) is 0 Å². The largest absolute Gasteiger partial charge is 0.493 e. The minimum Gasteiger partial charge on any atom is -0.493 e. The van der Waals surface area contributed by atoms with Gasteiger partial charge in [-0.3, -0.25) is 19.2 Å². The number of carbonyl (C=O) groups is 4. The molecule has 2 aliphatic heterocycles. The SMILES string of the molecule is COc1c2c(n(C)c1C(=O)NC1CCN(C(=O)CO)CC1)C1=CC=CC(C)C1N(CC(=O)c1ccccc1)C2=O. The Hall–Kier alpha value is -4.18. The predicted octanol–water partition coefficient (Wildman–Crippen LogP) is 2.04. The first-order valence-corrected chi connectivity index (χ1v) is 13.5. The average Bonchev–Trinajstić information content (AvgIpc) is 3.28. The van der Waals surface area contributed by atoms with Crippen molar-refractivity contribution in [2.45, 2.75) is 31.8 Å². The molecule has 210 valence electrons. The summed E-state index contributed by atoms with van der Waals surface area (Å²) in [5.74, 6) is -1.11. The van der Waals surface area contributed by atoms with Crippen molar-refractivity contribution in [2.75, 3.05) is 33.4 Å². The van der Waals surface area contributed by atoms with Gasteiger partial charge in [0.2, 0.25) is 5.91 Å². The molecule has 10 nitrogen and oxygen atoms in total. The van der Waals surface area contributed by atoms with Crippen LogP contribution in [0, 0.1) is 5.92 Å². The minimum absolute atomic E-state index is 0.0503. The smallest absolute Gasteiger partial charge is 0.272 e. The lowest BCUT2D eigenvalue weighted by atomic mass is 9.82. The van der Waals surface area contributed by atoms with Crippen molar-refractivity contribution in [3.8, 4) is 5.75 Å². The van der Waals surface area contributed by atoms with Gasteiger partial charge in [-0.25, -0.2) is 0 Å². The van der Waals surface area contributed by atoms with Gasteiger partial charge in [0, 0.05) is 31.7 Å². The Labute approximate surface area is 232 Å². The summed E-state index contributed by atoms with van der Waals surface area (Å²) in [5.41, 5.74) is 2.48. The number of benzene rings is 1. The Bertz CT molecular complexity index is 1400. The number of ketones is 1. The number of carbonyl (C=O) groups excluding carboxylic acids is 4. The molecule has 5 rings (SSSR count). The number of nitrogens with zero attached hydrogens (tertiary/aromatic N) is 3. The van der Waals surface area contributed by atoms with E-state index in [4.69, 9.17) is 9.84 Å². The van der Waals surface area contributed by atoms with Gasteiger partial charge in [0.15, 0.2) is 17.2 Å². The van der Waals surface area contributed by atoms with Crippen molar-refractivity contribution in [1.29, 1.82) is 0 Å². The Morgan fingerprint density at radius 3 is 2.48 bits per heavy atom. The Kier molecular flexibility index (Phi) is 7.62. The van der Waals surface area contributed by atoms with Gasteiger partial charge in [-0.2, -0.15) is 0 Å². The molecule has 1 fully saturated rings. The summed E-state index contributed by atoms with van der Waals surface area (Å²) in [7, 11) is 3.18. The summed E-state index contributed by atoms with van der Waals surface area (Å²) in [6.45, 7) is 2.25. The fourth-order valence-electron chi connectivity index (χ4n) is 6.08. The van der Waals surface area contributed by atoms with Gasteiger partial charge in [-0.15, -0.1) is 0 Å². The van der Waals surface area contributed by atoms with E-state index in [0.29, 0.717) is 37.2 Å². The third-order valence-electron chi connectivity index (χ3n) is 8.09. The molecule has 3 heterocycles. The lowest BCUT2D eigenvalue weighted by Gasteiger charge is -2.41. The van der Waals surface area contributed by atoms with Crippen LogP contribution in [0.5, 0.6) is 5.75 Å². The van der Waals surface area contributed by atoms with E-state index in [1.165, 1.54) is 7.11 Å². The number of aliphatic hydroxyl groups is 1. The third kappa shape index (κ3) is 4.72. The van der Waals surface area contributed by atoms with E-state index in [-0.39, 0.29) is 65.1 Å². The second-order valence-electron chi connectivity index (χ2n) is 10.5. The molecule has 0 bridgehead atoms. The topological polar surface area (TPSA) is 121 Å². The number of piperidine rings is 1. The number of methoxy groups -OCH3 is 1. The quantitative estimate of drug-likeness (QED) is 0.513. The van der Waals surface area contributed by atoms with E-state index in [9.17, 15) is 19.2 Å². The van der Waals surface area contributed by atoms with Crippen LogP contribution in [0.25, 0.3) is 5.57 Å². The Morgan fingerprint density at radius 2 is 1.82 bits per heavy atom. The van der Waals surface area contributed by atoms with E-state index in [1.807, 2.05) is 31.2 Å². The van der Waals surface area contributed by atoms with Crippen molar-refractivity contribution in [3.05, 3.63) is 71.1 Å². The van der Waals surface area contributed by atoms with Crippen molar-refractivity contribution < 1.29 is 29.0 Å². The summed E-state index contributed by atoms with van der Waals surface area (Å²) >= 11 is 0. The first-order valence-electron chi connectivity index (χ1n) is 13.5. The molecular formula is C30H34N4O6. The zero-order chi connectivity index (χ0) is 28.6. The number of Topliss-reactive ketones (excluding diaryl/α,β-unsaturated/α-hetero) is 1. The number of ether oxygens (including phenoxy) is 1. The zero-order valence-corrected chi connectivity index (χ0v) is 22.9. The summed E-state index contributed by atoms with van der Waals surface area (Å²) in [5, 5.41) is 12.2. The standard InChI is InChI=1S/C30H34N4O6/c1-18-8-7-11-21-25(18)34(16-22(36)19-9-5-4-6-10-19)30(39)24-26(21)32(2)27(28(24)40-3)29(38)31-20-12-14-33(15-13-20)23(37)17-35/h4-11,18,20,25,35H,12-17H2,1-3H3,(H,31,38). The molecule has 2 aromatic rings. The number of likely N-dealkylation sites (tertiary alicyclic amines) is 1. The van der Waals surface area contributed by atoms with Crippen LogP contribution >= 0.6 is 0 Å². The lowest BCUT2D eigenvalue weighted by Crippen LogP contribution is -2.50. The molecule has 0 radical (unpaired) electrons. The number of aromatic nitrogens is 1. The molecule has 1 saturated heterocycles. The summed E-state index contributed by atoms with van der Waals surface area (Å²) in [6.07, 6.45) is 6.98. The first kappa shape index (κ1) is 27.4. The van der Waals surface area contributed by atoms with Crippen LogP contribution in [0.15, 0.2) is 48.6 Å². The molecule has 40 heavy (non-hydrogen) atoms. The molecule has 1 aliphatic carbocycles. The van der Waals surface area contributed by atoms with Gasteiger partial charge in [-0.1, -0.05) is 55.5 Å². The van der Waals surface area contributed by atoms with Crippen LogP contribution in [0.1, 0.15) is 56.7 Å². The predicted molar refractivity (Wildman–Crippen MR) is 148 cm³/mol. The van der Waals surface area contributed by atoms with Crippen LogP contribution < -0.4 is 10.1 Å². The second kappa shape index (κ2) is 11.1. The summed E-state index contributed by atoms with van der Waals surface area (Å²) < 4.78 is 7.43. The number of fused-ring (bicyclic) bond motifs is 3. The highest BCUT2D eigenvalue weighted by Gasteiger charge is 2.45. The number of aliphatic hydroxyl groups excluding tert-OH is 1. The molecule has 2 atom stereocenters. The maximum Gasteiger partial charge on any atom is 0.272 e. The van der Waals surface area contributed by atoms with Gasteiger partial charge in [0.25, 0.3) is 11.8 Å². The molecule has 2 unspecified atom stereocenters. The first-order chi connectivity index (χ1) is 19.3. The van der Waals surface area contributed by atoms with Crippen molar-refractivity contribution in [1.82, 2.24) is 19.7 Å². The lowest BCUT2D eigenvalue weighted by molar-refractivity contribution is -0.135. The van der Waals surface area contributed by atoms with Crippen LogP contribution in [0.3, 0.4) is 0 Å². The van der Waals surface area contributed by atoms with E-state index >= 15 is 0 Å². The molecule has 0 saturated carbocycles. The van der Waals surface area contributed by atoms with Crippen LogP contribution in [-0.2, 0) is 11.8 Å². The molecule has 3 amide bonds. The fraction of sp³-hybridized carbons (Fsp3) is 0.400. The highest BCUT2D eigenvalue weighted by molar-refractivity contribution is 6.12. The normalized spacial score (nSPS) is 20.5. The van der Waals surface area contributed by atoms with Gasteiger partial charge >= 0.3 is 0 Å². The number of nitrogens with one attached hydrogen (secondary N) is 1. The van der Waals surface area contributed by atoms with Gasteiger partial charge in [-0.05, 0) is 24.3 Å². The van der Waals surface area contributed by atoms with Crippen molar-refractivity contribution in [3.63, 3.8) is 0 Å². The van der Waals surface area contributed by atoms with Crippen molar-refractivity contribution in [2.24, 2.45) is 13.0 Å². The third-order valence-corrected chi connectivity index (χ3v) is 8.09. The summed E-state index contributed by atoms with van der Waals surface area (Å²) in [6, 6.07) is 8.34. The van der Waals surface area contributed by atoms with Gasteiger partial charge in [0.05, 0.1) is 25.4 Å². The molecule has 1 aromatic heterocycles. The number of amides is 3. The van der Waals surface area contributed by atoms with Gasteiger partial charge < -0.3 is 29.5 Å². The monoisotopic (exact) mass is 546 g/mol. The molecule has 3 aliphatic rings. The number of rotatable bonds is 7. The molecular weight excluding hydrogens is 512 g/mol. The van der Waals surface area contributed by atoms with E-state index in [1.54, 1.807) is 45.7 Å². The number of hydrogen-bond donors (Lipinski definition) is 2. The van der Waals surface area contributed by atoms with Crippen molar-refractivity contribution >= 4 is 29.1 Å². The van der Waals surface area contributed by atoms with E-state index < -0.39 is 6.61 Å². The minimum atomic E-state index is -0.532. The fourth-order valence-corrected chi connectivity index (χ4v) is 6.08. The summed E-state index contributed by atoms with van der Waals surface area (Å²) in [4.78, 5) is 55.9. The molecule has 0 spiro atoms. The maximum absolute atomic E-state index is 14.1. The zero-order valence-electron chi connectivity index (χ0n) is 22.9. The number of allylic oxidation sites excluding steroid dienone is 2. The highest BCUT2D eigenvalue weighted by atomic mass is 16.5. The number of hydrogen-bond acceptors (Lipinski definition) is 6. The van der Waals surface area contributed by atoms with E-state index in [2.05, 4.69) is 5.32 Å². The second-order valence-corrected chi connectivity index (χ2v) is 10.5. The molecule has 10 heteroatoms. The molecule has 2 N–H and O–H groups in total. The molecule has 1 aromatic carbocycles. The Morgan fingerprint density at radius 1 is 1.12 bits per heavy atom. The Balaban J connectivity index is 1.48. The maximum atomic E-state index is 14.1. The average molecular weight is 547 g/mol.